The largest absolute Gasteiger partial charge is 0.490 e. The van der Waals surface area contributed by atoms with E-state index in [1.165, 1.54) is 17.8 Å². The second kappa shape index (κ2) is 25.3. The molecule has 0 saturated carbocycles. The van der Waals surface area contributed by atoms with Crippen LogP contribution in [0.5, 0.6) is 11.5 Å². The molecule has 1 unspecified atom stereocenters. The summed E-state index contributed by atoms with van der Waals surface area (Å²) in [5, 5.41) is 8.24. The zero-order chi connectivity index (χ0) is 51.4. The van der Waals surface area contributed by atoms with Crippen molar-refractivity contribution < 1.29 is 56.0 Å². The van der Waals surface area contributed by atoms with Crippen LogP contribution in [0.1, 0.15) is 91.1 Å². The van der Waals surface area contributed by atoms with Crippen LogP contribution in [-0.4, -0.2) is 148 Å². The summed E-state index contributed by atoms with van der Waals surface area (Å²) < 4.78 is 61.0. The van der Waals surface area contributed by atoms with Crippen LogP contribution in [0, 0.1) is 6.92 Å². The monoisotopic (exact) mass is 1030 g/mol. The molecule has 0 bridgehead atoms. The summed E-state index contributed by atoms with van der Waals surface area (Å²) in [5.74, 6) is -0.529. The molecule has 21 heteroatoms. The number of nitrogens with zero attached hydrogens (tertiary/aromatic N) is 4. The van der Waals surface area contributed by atoms with Gasteiger partial charge in [0.05, 0.1) is 97.8 Å². The van der Waals surface area contributed by atoms with Gasteiger partial charge in [0.25, 0.3) is 11.8 Å². The van der Waals surface area contributed by atoms with Crippen LogP contribution in [0.25, 0.3) is 0 Å². The summed E-state index contributed by atoms with van der Waals surface area (Å²) in [7, 11) is -3.58. The number of aryl methyl sites for hydroxylation is 1. The van der Waals surface area contributed by atoms with E-state index < -0.39 is 44.8 Å². The topological polar surface area (TPSA) is 226 Å². The molecule has 7 rings (SSSR count). The number of benzene rings is 3. The van der Waals surface area contributed by atoms with Crippen molar-refractivity contribution in [1.82, 2.24) is 25.1 Å². The van der Waals surface area contributed by atoms with E-state index in [9.17, 15) is 27.6 Å². The minimum Gasteiger partial charge on any atom is -0.490 e. The lowest BCUT2D eigenvalue weighted by Gasteiger charge is -2.33. The summed E-state index contributed by atoms with van der Waals surface area (Å²) in [6.45, 7) is 15.4. The third-order valence-electron chi connectivity index (χ3n) is 12.4. The molecule has 2 fully saturated rings. The van der Waals surface area contributed by atoms with E-state index >= 15 is 0 Å². The van der Waals surface area contributed by atoms with Crippen molar-refractivity contribution >= 4 is 68.2 Å². The lowest BCUT2D eigenvalue weighted by molar-refractivity contribution is -0.136. The number of fused-ring (bicyclic) bond motifs is 1. The van der Waals surface area contributed by atoms with Gasteiger partial charge in [0, 0.05) is 13.0 Å². The number of carbonyl (C=O) groups is 4. The molecule has 3 N–H and O–H groups in total. The van der Waals surface area contributed by atoms with Gasteiger partial charge in [-0.3, -0.25) is 29.4 Å². The fourth-order valence-corrected chi connectivity index (χ4v) is 10.0. The van der Waals surface area contributed by atoms with E-state index in [2.05, 4.69) is 49.9 Å². The second-order valence-electron chi connectivity index (χ2n) is 18.1. The number of piperidine rings is 2. The Kier molecular flexibility index (Phi) is 19.0. The summed E-state index contributed by atoms with van der Waals surface area (Å²) in [4.78, 5) is 62.7. The highest BCUT2D eigenvalue weighted by molar-refractivity contribution is 7.92. The summed E-state index contributed by atoms with van der Waals surface area (Å²) in [6, 6.07) is 14.5. The number of hydrogen-bond donors (Lipinski definition) is 3. The van der Waals surface area contributed by atoms with Crippen LogP contribution in [0.3, 0.4) is 0 Å². The van der Waals surface area contributed by atoms with Gasteiger partial charge in [-0.1, -0.05) is 29.8 Å². The molecular formula is C51H64ClN7O12S. The van der Waals surface area contributed by atoms with E-state index in [0.717, 1.165) is 42.9 Å². The number of amides is 4. The van der Waals surface area contributed by atoms with Crippen LogP contribution in [0.2, 0.25) is 5.02 Å². The van der Waals surface area contributed by atoms with Gasteiger partial charge >= 0.3 is 0 Å². The van der Waals surface area contributed by atoms with Gasteiger partial charge in [0.1, 0.15) is 29.2 Å². The number of halogens is 1. The van der Waals surface area contributed by atoms with Crippen molar-refractivity contribution in [2.45, 2.75) is 88.5 Å². The molecule has 19 nitrogen and oxygen atoms in total. The molecule has 4 aromatic rings. The number of likely N-dealkylation sites (tertiary alicyclic amines) is 1. The molecular weight excluding hydrogens is 970 g/mol. The maximum absolute atomic E-state index is 13.2. The van der Waals surface area contributed by atoms with Gasteiger partial charge in [-0.25, -0.2) is 13.4 Å². The highest BCUT2D eigenvalue weighted by atomic mass is 35.5. The van der Waals surface area contributed by atoms with E-state index in [-0.39, 0.29) is 70.7 Å². The molecule has 1 atom stereocenters. The number of rotatable bonds is 26. The van der Waals surface area contributed by atoms with E-state index in [4.69, 9.17) is 40.0 Å². The molecule has 4 amide bonds. The third kappa shape index (κ3) is 13.6. The average molecular weight is 1030 g/mol. The number of anilines is 4. The Bertz CT molecular complexity index is 2680. The Balaban J connectivity index is 0.757. The third-order valence-corrected chi connectivity index (χ3v) is 14.9. The first-order chi connectivity index (χ1) is 34.6. The van der Waals surface area contributed by atoms with Crippen molar-refractivity contribution in [2.24, 2.45) is 0 Å². The first kappa shape index (κ1) is 54.0. The van der Waals surface area contributed by atoms with E-state index in [1.807, 2.05) is 13.8 Å². The van der Waals surface area contributed by atoms with Crippen LogP contribution in [0.15, 0.2) is 65.7 Å². The first-order valence-electron chi connectivity index (χ1n) is 24.3. The average Bonchev–Trinajstić information content (AvgIpc) is 3.60. The molecule has 2 saturated heterocycles. The Morgan fingerprint density at radius 1 is 0.778 bits per heavy atom. The summed E-state index contributed by atoms with van der Waals surface area (Å²) >= 11 is 6.51. The smallest absolute Gasteiger partial charge is 0.266 e. The summed E-state index contributed by atoms with van der Waals surface area (Å²) in [6.07, 6.45) is 3.49. The number of imide groups is 2. The van der Waals surface area contributed by atoms with Gasteiger partial charge in [-0.15, -0.1) is 0 Å². The van der Waals surface area contributed by atoms with Crippen molar-refractivity contribution in [1.29, 1.82) is 0 Å². The number of sulfone groups is 1. The fourth-order valence-electron chi connectivity index (χ4n) is 8.67. The Hall–Kier alpha value is -5.74. The molecule has 0 spiro atoms. The Morgan fingerprint density at radius 2 is 1.44 bits per heavy atom. The normalized spacial score (nSPS) is 16.7. The van der Waals surface area contributed by atoms with Gasteiger partial charge < -0.3 is 44.0 Å². The SMILES string of the molecule is Cc1cc(Nc2ncc(Cl)c(Nc3ccccc3S(=O)(=O)C(C)C)n2)c(OC(C)C)cc1C1CCN(CCOCCOCCOCCOCCOc2cccc3c2C(=O)N(C2CCC(=O)NC2=O)C3=O)CC1. The number of carbonyl (C=O) groups excluding carboxylic acids is 4. The van der Waals surface area contributed by atoms with Crippen molar-refractivity contribution in [3.8, 4) is 11.5 Å². The number of ether oxygens (including phenoxy) is 6. The molecule has 3 aliphatic heterocycles. The maximum Gasteiger partial charge on any atom is 0.266 e. The quantitative estimate of drug-likeness (QED) is 0.0444. The molecule has 0 radical (unpaired) electrons. The number of hydrogen-bond acceptors (Lipinski definition) is 17. The number of para-hydroxylation sites is 1. The predicted molar refractivity (Wildman–Crippen MR) is 270 cm³/mol. The standard InChI is InChI=1S/C51H64ClN7O12S/c1-32(2)71-43-30-37(34(5)29-40(43)55-51-53-31-38(52)47(57-51)54-39-10-6-7-12-44(39)72(64,65)33(3)4)35-15-17-58(18-16-35)19-20-66-21-22-67-23-24-68-25-26-69-27-28-70-42-11-8-9-36-46(42)50(63)59(49(36)62)41-13-14-45(60)56-48(41)61/h6-12,29-33,35,41H,13-28H2,1-5H3,(H,56,60,61)(H2,53,54,55,57). The zero-order valence-corrected chi connectivity index (χ0v) is 42.9. The van der Waals surface area contributed by atoms with Crippen LogP contribution < -0.4 is 25.4 Å². The van der Waals surface area contributed by atoms with Gasteiger partial charge in [0.2, 0.25) is 17.8 Å². The van der Waals surface area contributed by atoms with Crippen LogP contribution in [0.4, 0.5) is 23.1 Å². The van der Waals surface area contributed by atoms with Gasteiger partial charge in [-0.05, 0) is 120 Å². The number of aromatic nitrogens is 2. The van der Waals surface area contributed by atoms with E-state index in [1.54, 1.807) is 50.2 Å². The molecule has 1 aromatic heterocycles. The van der Waals surface area contributed by atoms with Crippen LogP contribution >= 0.6 is 11.6 Å². The molecule has 72 heavy (non-hydrogen) atoms. The molecule has 4 heterocycles. The zero-order valence-electron chi connectivity index (χ0n) is 41.4. The second-order valence-corrected chi connectivity index (χ2v) is 21.0. The minimum atomic E-state index is -3.58. The number of nitrogens with one attached hydrogen (secondary N) is 3. The Morgan fingerprint density at radius 3 is 2.11 bits per heavy atom. The molecule has 3 aliphatic rings. The molecule has 3 aromatic carbocycles. The lowest BCUT2D eigenvalue weighted by atomic mass is 9.86. The highest BCUT2D eigenvalue weighted by Gasteiger charge is 2.46. The predicted octanol–water partition coefficient (Wildman–Crippen LogP) is 6.62. The summed E-state index contributed by atoms with van der Waals surface area (Å²) in [5.41, 5.74) is 3.68. The lowest BCUT2D eigenvalue weighted by Crippen LogP contribution is -2.54. The Labute approximate surface area is 425 Å². The van der Waals surface area contributed by atoms with Crippen molar-refractivity contribution in [3.05, 3.63) is 88.1 Å². The van der Waals surface area contributed by atoms with Crippen molar-refractivity contribution in [2.75, 3.05) is 89.7 Å². The minimum absolute atomic E-state index is 0.0428. The van der Waals surface area contributed by atoms with Crippen molar-refractivity contribution in [3.63, 3.8) is 0 Å². The van der Waals surface area contributed by atoms with Gasteiger partial charge in [-0.2, -0.15) is 4.98 Å². The van der Waals surface area contributed by atoms with Crippen LogP contribution in [-0.2, 0) is 38.4 Å². The molecule has 388 valence electrons. The first-order valence-corrected chi connectivity index (χ1v) is 26.3. The highest BCUT2D eigenvalue weighted by Crippen LogP contribution is 2.39. The maximum atomic E-state index is 13.2. The molecule has 0 aliphatic carbocycles. The fraction of sp³-hybridized carbons (Fsp3) is 0.490. The van der Waals surface area contributed by atoms with E-state index in [0.29, 0.717) is 69.3 Å². The van der Waals surface area contributed by atoms with Gasteiger partial charge in [0.15, 0.2) is 15.7 Å².